The molecule has 1 saturated heterocycles. The third kappa shape index (κ3) is 7.36. The highest BCUT2D eigenvalue weighted by molar-refractivity contribution is 5.90. The third-order valence-electron chi connectivity index (χ3n) is 5.95. The van der Waals surface area contributed by atoms with Crippen molar-refractivity contribution in [1.82, 2.24) is 15.2 Å². The third-order valence-corrected chi connectivity index (χ3v) is 5.95. The normalized spacial score (nSPS) is 14.6. The molecule has 180 valence electrons. The van der Waals surface area contributed by atoms with Crippen LogP contribution in [0.5, 0.6) is 0 Å². The zero-order valence-electron chi connectivity index (χ0n) is 20.2. The number of carbonyl (C=O) groups excluding carboxylic acids is 3. The van der Waals surface area contributed by atoms with Crippen LogP contribution in [0.15, 0.2) is 0 Å². The van der Waals surface area contributed by atoms with Crippen molar-refractivity contribution >= 4 is 17.8 Å². The summed E-state index contributed by atoms with van der Waals surface area (Å²) in [6, 6.07) is 0. The second kappa shape index (κ2) is 12.6. The molecular weight excluding hydrogens is 410 g/mol. The molecular formula is C24H39N3O5. The van der Waals surface area contributed by atoms with Crippen LogP contribution in [0.2, 0.25) is 0 Å². The quantitative estimate of drug-likeness (QED) is 0.400. The van der Waals surface area contributed by atoms with E-state index in [0.717, 1.165) is 23.2 Å². The predicted molar refractivity (Wildman–Crippen MR) is 123 cm³/mol. The molecule has 1 fully saturated rings. The van der Waals surface area contributed by atoms with Crippen molar-refractivity contribution in [2.24, 2.45) is 5.92 Å². The first kappa shape index (κ1) is 25.9. The van der Waals surface area contributed by atoms with E-state index in [0.29, 0.717) is 64.2 Å². The zero-order chi connectivity index (χ0) is 23.7. The molecule has 1 aromatic heterocycles. The van der Waals surface area contributed by atoms with E-state index in [1.807, 2.05) is 32.6 Å². The summed E-state index contributed by atoms with van der Waals surface area (Å²) in [6.07, 6.45) is 3.35. The Morgan fingerprint density at radius 3 is 2.50 bits per heavy atom. The highest BCUT2D eigenvalue weighted by atomic mass is 16.5. The summed E-state index contributed by atoms with van der Waals surface area (Å²) in [5.74, 6) is -0.232. The van der Waals surface area contributed by atoms with Gasteiger partial charge in [0.1, 0.15) is 5.69 Å². The summed E-state index contributed by atoms with van der Waals surface area (Å²) in [6.45, 7) is 12.4. The average Bonchev–Trinajstić information content (AvgIpc) is 3.05. The number of aromatic amines is 1. The van der Waals surface area contributed by atoms with Crippen LogP contribution in [0, 0.1) is 19.8 Å². The molecule has 2 rings (SSSR count). The van der Waals surface area contributed by atoms with Gasteiger partial charge in [-0.2, -0.15) is 0 Å². The standard InChI is InChI=1S/C24H39N3O5/c1-6-31-24(30)22-17(4)20(18(5)26-22)8-9-21(28)27-13-10-19(11-14-27)23(29)25-12-7-15-32-16(2)3/h16,19,26H,6-15H2,1-5H3,(H,25,29). The van der Waals surface area contributed by atoms with Gasteiger partial charge in [0.05, 0.1) is 12.7 Å². The Morgan fingerprint density at radius 1 is 1.19 bits per heavy atom. The van der Waals surface area contributed by atoms with Crippen LogP contribution in [0.3, 0.4) is 0 Å². The minimum absolute atomic E-state index is 0.0358. The Kier molecular flexibility index (Phi) is 10.2. The molecule has 2 amide bonds. The van der Waals surface area contributed by atoms with Gasteiger partial charge in [-0.1, -0.05) is 0 Å². The van der Waals surface area contributed by atoms with Crippen LogP contribution < -0.4 is 5.32 Å². The number of nitrogens with zero attached hydrogens (tertiary/aromatic N) is 1. The summed E-state index contributed by atoms with van der Waals surface area (Å²) in [4.78, 5) is 42.1. The maximum absolute atomic E-state index is 12.7. The van der Waals surface area contributed by atoms with Gasteiger partial charge in [0.25, 0.3) is 0 Å². The number of aromatic nitrogens is 1. The summed E-state index contributed by atoms with van der Waals surface area (Å²) in [5.41, 5.74) is 3.21. The minimum Gasteiger partial charge on any atom is -0.461 e. The van der Waals surface area contributed by atoms with Crippen molar-refractivity contribution in [3.8, 4) is 0 Å². The molecule has 1 aromatic rings. The van der Waals surface area contributed by atoms with Crippen molar-refractivity contribution in [3.05, 3.63) is 22.5 Å². The number of esters is 1. The highest BCUT2D eigenvalue weighted by Gasteiger charge is 2.27. The van der Waals surface area contributed by atoms with Crippen molar-refractivity contribution in [1.29, 1.82) is 0 Å². The molecule has 0 spiro atoms. The Labute approximate surface area is 191 Å². The van der Waals surface area contributed by atoms with Crippen LogP contribution in [-0.4, -0.2) is 66.6 Å². The number of hydrogen-bond acceptors (Lipinski definition) is 5. The summed E-state index contributed by atoms with van der Waals surface area (Å²) < 4.78 is 10.6. The van der Waals surface area contributed by atoms with Crippen molar-refractivity contribution < 1.29 is 23.9 Å². The van der Waals surface area contributed by atoms with E-state index >= 15 is 0 Å². The predicted octanol–water partition coefficient (Wildman–Crippen LogP) is 2.91. The molecule has 1 aliphatic rings. The van der Waals surface area contributed by atoms with Gasteiger partial charge in [0, 0.05) is 44.3 Å². The van der Waals surface area contributed by atoms with Crippen LogP contribution in [0.25, 0.3) is 0 Å². The number of aryl methyl sites for hydroxylation is 1. The van der Waals surface area contributed by atoms with E-state index < -0.39 is 0 Å². The fourth-order valence-electron chi connectivity index (χ4n) is 4.10. The fourth-order valence-corrected chi connectivity index (χ4v) is 4.10. The second-order valence-corrected chi connectivity index (χ2v) is 8.67. The number of hydrogen-bond donors (Lipinski definition) is 2. The van der Waals surface area contributed by atoms with E-state index in [-0.39, 0.29) is 29.8 Å². The van der Waals surface area contributed by atoms with E-state index in [2.05, 4.69) is 10.3 Å². The van der Waals surface area contributed by atoms with Gasteiger partial charge in [-0.3, -0.25) is 9.59 Å². The number of amides is 2. The van der Waals surface area contributed by atoms with E-state index in [1.165, 1.54) is 0 Å². The monoisotopic (exact) mass is 449 g/mol. The SMILES string of the molecule is CCOC(=O)c1[nH]c(C)c(CCC(=O)N2CCC(C(=O)NCCCOC(C)C)CC2)c1C. The van der Waals surface area contributed by atoms with Gasteiger partial charge >= 0.3 is 5.97 Å². The van der Waals surface area contributed by atoms with Gasteiger partial charge in [-0.25, -0.2) is 4.79 Å². The molecule has 0 atom stereocenters. The molecule has 0 saturated carbocycles. The number of likely N-dealkylation sites (tertiary alicyclic amines) is 1. The molecule has 2 heterocycles. The Balaban J connectivity index is 1.75. The lowest BCUT2D eigenvalue weighted by atomic mass is 9.95. The maximum atomic E-state index is 12.7. The van der Waals surface area contributed by atoms with Crippen LogP contribution >= 0.6 is 0 Å². The van der Waals surface area contributed by atoms with Crippen molar-refractivity contribution in [2.75, 3.05) is 32.8 Å². The summed E-state index contributed by atoms with van der Waals surface area (Å²) in [7, 11) is 0. The van der Waals surface area contributed by atoms with E-state index in [4.69, 9.17) is 9.47 Å². The topological polar surface area (TPSA) is 101 Å². The number of H-pyrrole nitrogens is 1. The Hall–Kier alpha value is -2.35. The first-order valence-corrected chi connectivity index (χ1v) is 11.8. The zero-order valence-corrected chi connectivity index (χ0v) is 20.2. The summed E-state index contributed by atoms with van der Waals surface area (Å²) >= 11 is 0. The van der Waals surface area contributed by atoms with Gasteiger partial charge in [-0.15, -0.1) is 0 Å². The molecule has 32 heavy (non-hydrogen) atoms. The lowest BCUT2D eigenvalue weighted by Crippen LogP contribution is -2.43. The molecule has 8 heteroatoms. The van der Waals surface area contributed by atoms with Crippen molar-refractivity contribution in [3.63, 3.8) is 0 Å². The van der Waals surface area contributed by atoms with Crippen LogP contribution in [0.4, 0.5) is 0 Å². The molecule has 0 unspecified atom stereocenters. The largest absolute Gasteiger partial charge is 0.461 e. The first-order valence-electron chi connectivity index (χ1n) is 11.8. The Bertz CT molecular complexity index is 779. The Morgan fingerprint density at radius 2 is 1.88 bits per heavy atom. The minimum atomic E-state index is -0.363. The fraction of sp³-hybridized carbons (Fsp3) is 0.708. The number of ether oxygens (including phenoxy) is 2. The maximum Gasteiger partial charge on any atom is 0.355 e. The number of nitrogens with one attached hydrogen (secondary N) is 2. The first-order chi connectivity index (χ1) is 15.2. The van der Waals surface area contributed by atoms with Gasteiger partial charge in [-0.05, 0) is 71.4 Å². The van der Waals surface area contributed by atoms with E-state index in [1.54, 1.807) is 6.92 Å². The van der Waals surface area contributed by atoms with Gasteiger partial charge in [0.15, 0.2) is 0 Å². The van der Waals surface area contributed by atoms with Crippen LogP contribution in [-0.2, 0) is 25.5 Å². The lowest BCUT2D eigenvalue weighted by molar-refractivity contribution is -0.135. The van der Waals surface area contributed by atoms with Gasteiger partial charge < -0.3 is 24.7 Å². The summed E-state index contributed by atoms with van der Waals surface area (Å²) in [5, 5.41) is 2.99. The molecule has 0 aromatic carbocycles. The number of carbonyl (C=O) groups is 3. The molecule has 1 aliphatic heterocycles. The average molecular weight is 450 g/mol. The molecule has 0 bridgehead atoms. The van der Waals surface area contributed by atoms with Gasteiger partial charge in [0.2, 0.25) is 11.8 Å². The van der Waals surface area contributed by atoms with Crippen molar-refractivity contribution in [2.45, 2.75) is 72.8 Å². The molecule has 0 radical (unpaired) electrons. The molecule has 8 nitrogen and oxygen atoms in total. The highest BCUT2D eigenvalue weighted by Crippen LogP contribution is 2.22. The lowest BCUT2D eigenvalue weighted by Gasteiger charge is -2.31. The molecule has 0 aliphatic carbocycles. The van der Waals surface area contributed by atoms with Crippen LogP contribution in [0.1, 0.15) is 73.8 Å². The molecule has 2 N–H and O–H groups in total. The second-order valence-electron chi connectivity index (χ2n) is 8.67. The number of rotatable bonds is 11. The van der Waals surface area contributed by atoms with E-state index in [9.17, 15) is 14.4 Å². The smallest absolute Gasteiger partial charge is 0.355 e. The number of piperidine rings is 1.